The summed E-state index contributed by atoms with van der Waals surface area (Å²) in [6, 6.07) is 3.70. The van der Waals surface area contributed by atoms with Gasteiger partial charge < -0.3 is 4.98 Å². The summed E-state index contributed by atoms with van der Waals surface area (Å²) in [6.07, 6.45) is 8.13. The first kappa shape index (κ1) is 12.5. The van der Waals surface area contributed by atoms with Crippen molar-refractivity contribution in [2.24, 2.45) is 0 Å². The van der Waals surface area contributed by atoms with E-state index in [1.807, 2.05) is 12.1 Å². The van der Waals surface area contributed by atoms with Gasteiger partial charge >= 0.3 is 0 Å². The molecule has 0 saturated heterocycles. The molecule has 0 aromatic carbocycles. The van der Waals surface area contributed by atoms with Gasteiger partial charge in [0.1, 0.15) is 10.3 Å². The number of hydrogen-bond acceptors (Lipinski definition) is 3. The Bertz CT molecular complexity index is 633. The van der Waals surface area contributed by atoms with Crippen LogP contribution in [0.3, 0.4) is 0 Å². The summed E-state index contributed by atoms with van der Waals surface area (Å²) in [5.41, 5.74) is 1.68. The van der Waals surface area contributed by atoms with Crippen LogP contribution < -0.4 is 5.56 Å². The molecule has 0 bridgehead atoms. The van der Waals surface area contributed by atoms with E-state index in [2.05, 4.69) is 30.9 Å². The van der Waals surface area contributed by atoms with E-state index in [1.54, 1.807) is 12.4 Å². The molecule has 1 aliphatic carbocycles. The molecule has 2 aromatic rings. The van der Waals surface area contributed by atoms with Crippen LogP contribution in [0.5, 0.6) is 0 Å². The van der Waals surface area contributed by atoms with Gasteiger partial charge in [-0.3, -0.25) is 9.78 Å². The summed E-state index contributed by atoms with van der Waals surface area (Å²) < 4.78 is 0.581. The van der Waals surface area contributed by atoms with Crippen LogP contribution in [0, 0.1) is 0 Å². The second-order valence-corrected chi connectivity index (χ2v) is 5.63. The lowest BCUT2D eigenvalue weighted by Gasteiger charge is -2.13. The average Bonchev–Trinajstić information content (AvgIpc) is 2.96. The fourth-order valence-electron chi connectivity index (χ4n) is 2.62. The first-order valence-electron chi connectivity index (χ1n) is 6.46. The van der Waals surface area contributed by atoms with Gasteiger partial charge in [0, 0.05) is 29.6 Å². The van der Waals surface area contributed by atoms with Crippen LogP contribution in [0.4, 0.5) is 0 Å². The van der Waals surface area contributed by atoms with Gasteiger partial charge in [-0.2, -0.15) is 4.98 Å². The van der Waals surface area contributed by atoms with Gasteiger partial charge in [-0.15, -0.1) is 0 Å². The molecule has 0 radical (unpaired) electrons. The zero-order valence-corrected chi connectivity index (χ0v) is 12.0. The number of aromatic amines is 1. The summed E-state index contributed by atoms with van der Waals surface area (Å²) in [4.78, 5) is 23.4. The lowest BCUT2D eigenvalue weighted by atomic mass is 10.0. The normalized spacial score (nSPS) is 15.8. The molecule has 0 aliphatic heterocycles. The molecule has 3 rings (SSSR count). The minimum absolute atomic E-state index is 0.201. The van der Waals surface area contributed by atoms with Crippen LogP contribution in [0.15, 0.2) is 33.8 Å². The Labute approximate surface area is 119 Å². The Morgan fingerprint density at radius 1 is 1.21 bits per heavy atom. The Balaban J connectivity index is 2.10. The zero-order valence-electron chi connectivity index (χ0n) is 10.4. The van der Waals surface area contributed by atoms with Crippen molar-refractivity contribution in [3.63, 3.8) is 0 Å². The summed E-state index contributed by atoms with van der Waals surface area (Å²) in [7, 11) is 0. The van der Waals surface area contributed by atoms with Crippen molar-refractivity contribution in [3.05, 3.63) is 45.0 Å². The highest BCUT2D eigenvalue weighted by Gasteiger charge is 2.22. The third-order valence-electron chi connectivity index (χ3n) is 3.61. The largest absolute Gasteiger partial charge is 0.342 e. The molecule has 98 valence electrons. The van der Waals surface area contributed by atoms with E-state index in [0.717, 1.165) is 24.1 Å². The van der Waals surface area contributed by atoms with E-state index in [-0.39, 0.29) is 5.56 Å². The molecule has 4 nitrogen and oxygen atoms in total. The van der Waals surface area contributed by atoms with Crippen LogP contribution in [-0.4, -0.2) is 15.0 Å². The molecule has 1 saturated carbocycles. The molecule has 5 heteroatoms. The quantitative estimate of drug-likeness (QED) is 0.924. The number of aromatic nitrogens is 3. The maximum Gasteiger partial charge on any atom is 0.287 e. The highest BCUT2D eigenvalue weighted by atomic mass is 79.9. The molecular formula is C14H14BrN3O. The number of rotatable bonds is 2. The van der Waals surface area contributed by atoms with Crippen molar-refractivity contribution < 1.29 is 0 Å². The van der Waals surface area contributed by atoms with Crippen LogP contribution >= 0.6 is 15.9 Å². The Hall–Kier alpha value is -1.49. The predicted molar refractivity (Wildman–Crippen MR) is 77.0 cm³/mol. The van der Waals surface area contributed by atoms with Gasteiger partial charge in [-0.1, -0.05) is 12.8 Å². The average molecular weight is 320 g/mol. The third-order valence-corrected chi connectivity index (χ3v) is 4.37. The van der Waals surface area contributed by atoms with Gasteiger partial charge in [-0.05, 0) is 40.9 Å². The van der Waals surface area contributed by atoms with Gasteiger partial charge in [0.25, 0.3) is 5.56 Å². The van der Waals surface area contributed by atoms with Gasteiger partial charge in [-0.25, -0.2) is 0 Å². The number of nitrogens with zero attached hydrogens (tertiary/aromatic N) is 2. The van der Waals surface area contributed by atoms with Crippen molar-refractivity contribution in [2.75, 3.05) is 0 Å². The molecule has 1 N–H and O–H groups in total. The summed E-state index contributed by atoms with van der Waals surface area (Å²) in [6.45, 7) is 0. The van der Waals surface area contributed by atoms with E-state index in [1.165, 1.54) is 12.8 Å². The Morgan fingerprint density at radius 2 is 1.89 bits per heavy atom. The van der Waals surface area contributed by atoms with E-state index >= 15 is 0 Å². The number of pyridine rings is 1. The first-order chi connectivity index (χ1) is 9.25. The van der Waals surface area contributed by atoms with Crippen LogP contribution in [-0.2, 0) is 0 Å². The van der Waals surface area contributed by atoms with Crippen molar-refractivity contribution in [3.8, 4) is 11.4 Å². The first-order valence-corrected chi connectivity index (χ1v) is 7.25. The summed E-state index contributed by atoms with van der Waals surface area (Å²) >= 11 is 3.38. The molecular weight excluding hydrogens is 306 g/mol. The molecule has 2 aromatic heterocycles. The van der Waals surface area contributed by atoms with E-state index in [0.29, 0.717) is 16.2 Å². The highest BCUT2D eigenvalue weighted by Crippen LogP contribution is 2.35. The minimum Gasteiger partial charge on any atom is -0.342 e. The number of H-pyrrole nitrogens is 1. The van der Waals surface area contributed by atoms with Crippen molar-refractivity contribution >= 4 is 15.9 Å². The molecule has 0 unspecified atom stereocenters. The van der Waals surface area contributed by atoms with Gasteiger partial charge in [0.2, 0.25) is 0 Å². The van der Waals surface area contributed by atoms with Crippen molar-refractivity contribution in [1.82, 2.24) is 15.0 Å². The number of hydrogen-bond donors (Lipinski definition) is 1. The topological polar surface area (TPSA) is 58.6 Å². The standard InChI is InChI=1S/C14H14BrN3O/c15-11-12(9-3-1-2-4-9)17-13(18-14(11)19)10-5-7-16-8-6-10/h5-9H,1-4H2,(H,17,18,19). The second kappa shape index (κ2) is 5.25. The van der Waals surface area contributed by atoms with E-state index in [9.17, 15) is 4.79 Å². The third kappa shape index (κ3) is 2.47. The molecule has 1 fully saturated rings. The Morgan fingerprint density at radius 3 is 2.58 bits per heavy atom. The van der Waals surface area contributed by atoms with Gasteiger partial charge in [0.05, 0.1) is 0 Å². The van der Waals surface area contributed by atoms with Gasteiger partial charge in [0.15, 0.2) is 0 Å². The lowest BCUT2D eigenvalue weighted by molar-refractivity contribution is 0.688. The minimum atomic E-state index is -0.201. The highest BCUT2D eigenvalue weighted by molar-refractivity contribution is 9.10. The molecule has 0 spiro atoms. The monoisotopic (exact) mass is 319 g/mol. The molecule has 1 aliphatic rings. The summed E-state index contributed by atoms with van der Waals surface area (Å²) in [5.74, 6) is 1.06. The molecule has 2 heterocycles. The SMILES string of the molecule is O=c1nc(-c2ccncc2)[nH]c(C2CCCC2)c1Br. The van der Waals surface area contributed by atoms with E-state index in [4.69, 9.17) is 0 Å². The zero-order chi connectivity index (χ0) is 13.2. The maximum absolute atomic E-state index is 12.0. The van der Waals surface area contributed by atoms with Crippen molar-refractivity contribution in [1.29, 1.82) is 0 Å². The predicted octanol–water partition coefficient (Wildman–Crippen LogP) is 3.25. The second-order valence-electron chi connectivity index (χ2n) is 4.84. The number of nitrogens with one attached hydrogen (secondary N) is 1. The lowest BCUT2D eigenvalue weighted by Crippen LogP contribution is -2.15. The van der Waals surface area contributed by atoms with Crippen molar-refractivity contribution in [2.45, 2.75) is 31.6 Å². The van der Waals surface area contributed by atoms with Crippen LogP contribution in [0.1, 0.15) is 37.3 Å². The molecule has 0 amide bonds. The summed E-state index contributed by atoms with van der Waals surface area (Å²) in [5, 5.41) is 0. The Kier molecular flexibility index (Phi) is 3.46. The number of halogens is 1. The fourth-order valence-corrected chi connectivity index (χ4v) is 3.13. The smallest absolute Gasteiger partial charge is 0.287 e. The maximum atomic E-state index is 12.0. The fraction of sp³-hybridized carbons (Fsp3) is 0.357. The van der Waals surface area contributed by atoms with Crippen LogP contribution in [0.2, 0.25) is 0 Å². The molecule has 0 atom stereocenters. The van der Waals surface area contributed by atoms with E-state index < -0.39 is 0 Å². The molecule has 19 heavy (non-hydrogen) atoms. The van der Waals surface area contributed by atoms with Crippen LogP contribution in [0.25, 0.3) is 11.4 Å².